The second kappa shape index (κ2) is 4.82. The Hall–Kier alpha value is -1.04. The monoisotopic (exact) mass is 281 g/mol. The van der Waals surface area contributed by atoms with Crippen LogP contribution in [0.25, 0.3) is 6.08 Å². The van der Waals surface area contributed by atoms with Crippen LogP contribution >= 0.6 is 11.6 Å². The standard InChI is InChI=1S/C13H17BClNO3/c1-12(2)13(3,4)19-14(18-12)8-7-9-10(17)5-6-11(15)16-9/h5-8,17H,1-4H3/b8-7+. The van der Waals surface area contributed by atoms with Crippen LogP contribution in [0.5, 0.6) is 5.75 Å². The molecular formula is C13H17BClNO3. The molecule has 0 aliphatic carbocycles. The molecule has 1 aromatic rings. The molecule has 2 rings (SSSR count). The van der Waals surface area contributed by atoms with E-state index in [1.54, 1.807) is 12.1 Å². The van der Waals surface area contributed by atoms with Gasteiger partial charge >= 0.3 is 7.12 Å². The Kier molecular flexibility index (Phi) is 3.64. The molecule has 1 saturated heterocycles. The van der Waals surface area contributed by atoms with Crippen molar-refractivity contribution < 1.29 is 14.4 Å². The Labute approximate surface area is 118 Å². The largest absolute Gasteiger partial charge is 0.506 e. The molecule has 1 aliphatic rings. The highest BCUT2D eigenvalue weighted by molar-refractivity contribution is 6.52. The van der Waals surface area contributed by atoms with Crippen LogP contribution < -0.4 is 0 Å². The van der Waals surface area contributed by atoms with Gasteiger partial charge in [-0.3, -0.25) is 0 Å². The van der Waals surface area contributed by atoms with Gasteiger partial charge in [0.1, 0.15) is 16.6 Å². The van der Waals surface area contributed by atoms with Gasteiger partial charge in [-0.2, -0.15) is 0 Å². The van der Waals surface area contributed by atoms with E-state index < -0.39 is 7.12 Å². The van der Waals surface area contributed by atoms with Gasteiger partial charge in [0.25, 0.3) is 0 Å². The van der Waals surface area contributed by atoms with Crippen LogP contribution in [-0.4, -0.2) is 28.4 Å². The number of hydrogen-bond acceptors (Lipinski definition) is 4. The van der Waals surface area contributed by atoms with Crippen LogP contribution in [0.1, 0.15) is 33.4 Å². The van der Waals surface area contributed by atoms with Gasteiger partial charge in [0.05, 0.1) is 11.2 Å². The summed E-state index contributed by atoms with van der Waals surface area (Å²) in [5.41, 5.74) is -0.375. The minimum Gasteiger partial charge on any atom is -0.506 e. The van der Waals surface area contributed by atoms with E-state index >= 15 is 0 Å². The predicted molar refractivity (Wildman–Crippen MR) is 76.0 cm³/mol. The zero-order valence-corrected chi connectivity index (χ0v) is 12.2. The Bertz CT molecular complexity index is 501. The zero-order chi connectivity index (χ0) is 14.3. The highest BCUT2D eigenvalue weighted by atomic mass is 35.5. The minimum absolute atomic E-state index is 0.0668. The molecule has 4 nitrogen and oxygen atoms in total. The fourth-order valence-electron chi connectivity index (χ4n) is 1.70. The van der Waals surface area contributed by atoms with Crippen molar-refractivity contribution in [2.24, 2.45) is 0 Å². The number of aromatic hydroxyl groups is 1. The Morgan fingerprint density at radius 1 is 1.21 bits per heavy atom. The maximum atomic E-state index is 9.66. The molecule has 0 spiro atoms. The molecule has 0 bridgehead atoms. The van der Waals surface area contributed by atoms with Gasteiger partial charge in [-0.25, -0.2) is 4.98 Å². The minimum atomic E-state index is -0.467. The van der Waals surface area contributed by atoms with Crippen molar-refractivity contribution in [2.45, 2.75) is 38.9 Å². The normalized spacial score (nSPS) is 21.2. The van der Waals surface area contributed by atoms with Crippen molar-refractivity contribution in [3.05, 3.63) is 29.0 Å². The van der Waals surface area contributed by atoms with E-state index in [9.17, 15) is 5.11 Å². The SMILES string of the molecule is CC1(C)OB(/C=C/c2nc(Cl)ccc2O)OC1(C)C. The predicted octanol–water partition coefficient (Wildman–Crippen LogP) is 3.09. The van der Waals surface area contributed by atoms with E-state index in [-0.39, 0.29) is 17.0 Å². The maximum absolute atomic E-state index is 9.66. The van der Waals surface area contributed by atoms with Crippen molar-refractivity contribution in [1.82, 2.24) is 4.98 Å². The lowest BCUT2D eigenvalue weighted by molar-refractivity contribution is 0.00578. The highest BCUT2D eigenvalue weighted by Gasteiger charge is 2.50. The van der Waals surface area contributed by atoms with Gasteiger partial charge in [0.2, 0.25) is 0 Å². The molecule has 102 valence electrons. The van der Waals surface area contributed by atoms with E-state index in [1.165, 1.54) is 12.1 Å². The topological polar surface area (TPSA) is 51.6 Å². The van der Waals surface area contributed by atoms with Crippen molar-refractivity contribution in [1.29, 1.82) is 0 Å². The Morgan fingerprint density at radius 2 is 1.79 bits per heavy atom. The van der Waals surface area contributed by atoms with Crippen molar-refractivity contribution in [3.63, 3.8) is 0 Å². The molecule has 1 aliphatic heterocycles. The summed E-state index contributed by atoms with van der Waals surface area (Å²) in [6.07, 6.45) is 1.64. The third kappa shape index (κ3) is 2.94. The number of nitrogens with zero attached hydrogens (tertiary/aromatic N) is 1. The molecule has 2 heterocycles. The second-order valence-electron chi connectivity index (χ2n) is 5.52. The van der Waals surface area contributed by atoms with Gasteiger partial charge in [-0.15, -0.1) is 0 Å². The molecule has 0 unspecified atom stereocenters. The first-order valence-electron chi connectivity index (χ1n) is 6.11. The highest BCUT2D eigenvalue weighted by Crippen LogP contribution is 2.37. The lowest BCUT2D eigenvalue weighted by atomic mass is 9.89. The third-order valence-corrected chi connectivity index (χ3v) is 3.76. The summed E-state index contributed by atoms with van der Waals surface area (Å²) in [7, 11) is -0.467. The molecule has 19 heavy (non-hydrogen) atoms. The van der Waals surface area contributed by atoms with Gasteiger partial charge < -0.3 is 14.4 Å². The molecule has 6 heteroatoms. The van der Waals surface area contributed by atoms with Gasteiger partial charge in [-0.05, 0) is 45.9 Å². The number of aromatic nitrogens is 1. The summed E-state index contributed by atoms with van der Waals surface area (Å²) >= 11 is 5.78. The summed E-state index contributed by atoms with van der Waals surface area (Å²) < 4.78 is 11.6. The molecule has 0 atom stereocenters. The van der Waals surface area contributed by atoms with E-state index in [0.717, 1.165) is 0 Å². The summed E-state index contributed by atoms with van der Waals surface area (Å²) in [5, 5.41) is 9.99. The van der Waals surface area contributed by atoms with Crippen LogP contribution in [0.2, 0.25) is 5.15 Å². The lowest BCUT2D eigenvalue weighted by Gasteiger charge is -2.32. The van der Waals surface area contributed by atoms with E-state index in [1.807, 2.05) is 27.7 Å². The molecular weight excluding hydrogens is 264 g/mol. The number of hydrogen-bond donors (Lipinski definition) is 1. The lowest BCUT2D eigenvalue weighted by Crippen LogP contribution is -2.41. The van der Waals surface area contributed by atoms with Crippen LogP contribution in [0, 0.1) is 0 Å². The zero-order valence-electron chi connectivity index (χ0n) is 11.5. The maximum Gasteiger partial charge on any atom is 0.487 e. The summed E-state index contributed by atoms with van der Waals surface area (Å²) in [6.45, 7) is 7.93. The fourth-order valence-corrected chi connectivity index (χ4v) is 1.86. The number of pyridine rings is 1. The molecule has 0 saturated carbocycles. The molecule has 0 amide bonds. The number of halogens is 1. The van der Waals surface area contributed by atoms with E-state index in [0.29, 0.717) is 10.8 Å². The van der Waals surface area contributed by atoms with Crippen LogP contribution in [0.4, 0.5) is 0 Å². The summed E-state index contributed by atoms with van der Waals surface area (Å²) in [4.78, 5) is 4.02. The first kappa shape index (κ1) is 14.4. The van der Waals surface area contributed by atoms with Gasteiger partial charge in [0, 0.05) is 0 Å². The summed E-state index contributed by atoms with van der Waals surface area (Å²) in [6, 6.07) is 3.03. The van der Waals surface area contributed by atoms with Crippen molar-refractivity contribution >= 4 is 24.8 Å². The third-order valence-electron chi connectivity index (χ3n) is 3.55. The molecule has 0 radical (unpaired) electrons. The average molecular weight is 282 g/mol. The molecule has 0 aromatic carbocycles. The molecule has 1 aromatic heterocycles. The first-order valence-corrected chi connectivity index (χ1v) is 6.48. The smallest absolute Gasteiger partial charge is 0.487 e. The average Bonchev–Trinajstić information content (AvgIpc) is 2.49. The number of rotatable bonds is 2. The quantitative estimate of drug-likeness (QED) is 0.668. The van der Waals surface area contributed by atoms with Crippen LogP contribution in [-0.2, 0) is 9.31 Å². The van der Waals surface area contributed by atoms with Crippen LogP contribution in [0.15, 0.2) is 18.1 Å². The fraction of sp³-hybridized carbons (Fsp3) is 0.462. The van der Waals surface area contributed by atoms with Crippen LogP contribution in [0.3, 0.4) is 0 Å². The van der Waals surface area contributed by atoms with Gasteiger partial charge in [0.15, 0.2) is 0 Å². The summed E-state index contributed by atoms with van der Waals surface area (Å²) in [5.74, 6) is 1.78. The van der Waals surface area contributed by atoms with Crippen molar-refractivity contribution in [3.8, 4) is 5.75 Å². The molecule has 1 N–H and O–H groups in total. The van der Waals surface area contributed by atoms with Crippen molar-refractivity contribution in [2.75, 3.05) is 0 Å². The molecule has 1 fully saturated rings. The first-order chi connectivity index (χ1) is 8.71. The Morgan fingerprint density at radius 3 is 2.37 bits per heavy atom. The Balaban J connectivity index is 2.15. The van der Waals surface area contributed by atoms with E-state index in [2.05, 4.69) is 4.98 Å². The van der Waals surface area contributed by atoms with E-state index in [4.69, 9.17) is 20.9 Å². The second-order valence-corrected chi connectivity index (χ2v) is 5.91. The van der Waals surface area contributed by atoms with Gasteiger partial charge in [-0.1, -0.05) is 17.6 Å².